The highest BCUT2D eigenvalue weighted by molar-refractivity contribution is 5.18. The van der Waals surface area contributed by atoms with Crippen LogP contribution >= 0.6 is 0 Å². The molecule has 0 fully saturated rings. The first-order valence-electron chi connectivity index (χ1n) is 4.41. The molecule has 0 amide bonds. The van der Waals surface area contributed by atoms with Gasteiger partial charge >= 0.3 is 0 Å². The molecule has 1 N–H and O–H groups in total. The predicted octanol–water partition coefficient (Wildman–Crippen LogP) is 1.65. The molecule has 1 aromatic heterocycles. The van der Waals surface area contributed by atoms with Gasteiger partial charge in [-0.05, 0) is 20.3 Å². The maximum absolute atomic E-state index is 9.57. The van der Waals surface area contributed by atoms with Gasteiger partial charge in [-0.1, -0.05) is 6.92 Å². The van der Waals surface area contributed by atoms with Gasteiger partial charge < -0.3 is 5.11 Å². The van der Waals surface area contributed by atoms with E-state index in [9.17, 15) is 5.11 Å². The lowest BCUT2D eigenvalue weighted by Crippen LogP contribution is -1.95. The summed E-state index contributed by atoms with van der Waals surface area (Å²) in [6.45, 7) is 6.79. The molecule has 0 aliphatic rings. The Balaban J connectivity index is 2.91. The Bertz CT molecular complexity index is 255. The van der Waals surface area contributed by atoms with Crippen LogP contribution in [0, 0.1) is 6.92 Å². The summed E-state index contributed by atoms with van der Waals surface area (Å²) in [5.74, 6) is 0. The molecule has 0 aliphatic carbocycles. The number of aryl methyl sites for hydroxylation is 2. The van der Waals surface area contributed by atoms with Gasteiger partial charge in [0.15, 0.2) is 0 Å². The van der Waals surface area contributed by atoms with Crippen LogP contribution in [-0.4, -0.2) is 14.9 Å². The van der Waals surface area contributed by atoms with Gasteiger partial charge in [0.2, 0.25) is 0 Å². The van der Waals surface area contributed by atoms with E-state index >= 15 is 0 Å². The molecule has 1 aromatic rings. The molecule has 12 heavy (non-hydrogen) atoms. The van der Waals surface area contributed by atoms with Crippen LogP contribution in [0.3, 0.4) is 0 Å². The Kier molecular flexibility index (Phi) is 2.87. The first-order valence-corrected chi connectivity index (χ1v) is 4.41. The lowest BCUT2D eigenvalue weighted by Gasteiger charge is -2.04. The summed E-state index contributed by atoms with van der Waals surface area (Å²) in [7, 11) is 0. The fourth-order valence-corrected chi connectivity index (χ4v) is 1.24. The van der Waals surface area contributed by atoms with E-state index in [0.717, 1.165) is 24.2 Å². The number of hydrogen-bond acceptors (Lipinski definition) is 2. The van der Waals surface area contributed by atoms with Crippen molar-refractivity contribution in [3.8, 4) is 0 Å². The van der Waals surface area contributed by atoms with Crippen LogP contribution in [0.5, 0.6) is 0 Å². The largest absolute Gasteiger partial charge is 0.388 e. The average molecular weight is 168 g/mol. The van der Waals surface area contributed by atoms with E-state index in [0.29, 0.717) is 0 Å². The van der Waals surface area contributed by atoms with Crippen molar-refractivity contribution in [2.45, 2.75) is 39.8 Å². The van der Waals surface area contributed by atoms with Crippen LogP contribution < -0.4 is 0 Å². The molecule has 1 atom stereocenters. The van der Waals surface area contributed by atoms with Crippen molar-refractivity contribution in [2.75, 3.05) is 0 Å². The summed E-state index contributed by atoms with van der Waals surface area (Å²) in [6, 6.07) is 0. The highest BCUT2D eigenvalue weighted by atomic mass is 16.3. The molecule has 3 heteroatoms. The monoisotopic (exact) mass is 168 g/mol. The number of aliphatic hydroxyl groups is 1. The maximum Gasteiger partial charge on any atom is 0.0820 e. The van der Waals surface area contributed by atoms with Crippen LogP contribution in [0.2, 0.25) is 0 Å². The average Bonchev–Trinajstić information content (AvgIpc) is 2.45. The van der Waals surface area contributed by atoms with Crippen molar-refractivity contribution in [3.05, 3.63) is 17.5 Å². The molecule has 0 aromatic carbocycles. The summed E-state index contributed by atoms with van der Waals surface area (Å²) in [5, 5.41) is 13.8. The highest BCUT2D eigenvalue weighted by Crippen LogP contribution is 2.18. The molecule has 1 heterocycles. The molecule has 68 valence electrons. The fourth-order valence-electron chi connectivity index (χ4n) is 1.24. The molecular weight excluding hydrogens is 152 g/mol. The van der Waals surface area contributed by atoms with Crippen molar-refractivity contribution in [1.29, 1.82) is 0 Å². The molecule has 1 rings (SSSR count). The SMILES string of the molecule is CC[C@H](O)c1cn(CC)nc1C. The number of nitrogens with zero attached hydrogens (tertiary/aromatic N) is 2. The second kappa shape index (κ2) is 3.72. The molecule has 0 saturated carbocycles. The van der Waals surface area contributed by atoms with Crippen molar-refractivity contribution < 1.29 is 5.11 Å². The molecule has 3 nitrogen and oxygen atoms in total. The van der Waals surface area contributed by atoms with Crippen LogP contribution in [0.25, 0.3) is 0 Å². The summed E-state index contributed by atoms with van der Waals surface area (Å²) >= 11 is 0. The van der Waals surface area contributed by atoms with Gasteiger partial charge in [0.25, 0.3) is 0 Å². The first kappa shape index (κ1) is 9.26. The van der Waals surface area contributed by atoms with Gasteiger partial charge in [0, 0.05) is 18.3 Å². The van der Waals surface area contributed by atoms with Crippen molar-refractivity contribution in [1.82, 2.24) is 9.78 Å². The van der Waals surface area contributed by atoms with E-state index in [1.807, 2.05) is 31.6 Å². The van der Waals surface area contributed by atoms with Crippen molar-refractivity contribution in [2.24, 2.45) is 0 Å². The van der Waals surface area contributed by atoms with Gasteiger partial charge in [-0.2, -0.15) is 5.10 Å². The van der Waals surface area contributed by atoms with E-state index in [-0.39, 0.29) is 6.10 Å². The Morgan fingerprint density at radius 2 is 2.25 bits per heavy atom. The second-order valence-corrected chi connectivity index (χ2v) is 2.95. The van der Waals surface area contributed by atoms with Crippen LogP contribution in [0.4, 0.5) is 0 Å². The summed E-state index contributed by atoms with van der Waals surface area (Å²) in [6.07, 6.45) is 2.31. The predicted molar refractivity (Wildman–Crippen MR) is 47.9 cm³/mol. The van der Waals surface area contributed by atoms with Crippen LogP contribution in [-0.2, 0) is 6.54 Å². The lowest BCUT2D eigenvalue weighted by atomic mass is 10.1. The summed E-state index contributed by atoms with van der Waals surface area (Å²) in [4.78, 5) is 0. The third-order valence-corrected chi connectivity index (χ3v) is 2.05. The van der Waals surface area contributed by atoms with E-state index in [1.54, 1.807) is 0 Å². The maximum atomic E-state index is 9.57. The van der Waals surface area contributed by atoms with Gasteiger partial charge in [0.1, 0.15) is 0 Å². The van der Waals surface area contributed by atoms with E-state index in [1.165, 1.54) is 0 Å². The quantitative estimate of drug-likeness (QED) is 0.745. The minimum absolute atomic E-state index is 0.356. The number of rotatable bonds is 3. The molecule has 0 bridgehead atoms. The van der Waals surface area contributed by atoms with Gasteiger partial charge in [-0.25, -0.2) is 0 Å². The minimum atomic E-state index is -0.356. The van der Waals surface area contributed by atoms with E-state index < -0.39 is 0 Å². The standard InChI is InChI=1S/C9H16N2O/c1-4-9(12)8-6-11(5-2)10-7(8)3/h6,9,12H,4-5H2,1-3H3/t9-/m0/s1. The molecule has 0 radical (unpaired) electrons. The summed E-state index contributed by atoms with van der Waals surface area (Å²) < 4.78 is 1.85. The Hall–Kier alpha value is -0.830. The van der Waals surface area contributed by atoms with E-state index in [2.05, 4.69) is 5.10 Å². The number of aliphatic hydroxyl groups excluding tert-OH is 1. The smallest absolute Gasteiger partial charge is 0.0820 e. The minimum Gasteiger partial charge on any atom is -0.388 e. The third-order valence-electron chi connectivity index (χ3n) is 2.05. The first-order chi connectivity index (χ1) is 5.69. The van der Waals surface area contributed by atoms with Crippen molar-refractivity contribution in [3.63, 3.8) is 0 Å². The van der Waals surface area contributed by atoms with E-state index in [4.69, 9.17) is 0 Å². The van der Waals surface area contributed by atoms with Crippen LogP contribution in [0.1, 0.15) is 37.6 Å². The molecule has 0 saturated heterocycles. The molecule has 0 unspecified atom stereocenters. The Morgan fingerprint density at radius 3 is 2.67 bits per heavy atom. The van der Waals surface area contributed by atoms with Gasteiger partial charge in [-0.3, -0.25) is 4.68 Å². The zero-order chi connectivity index (χ0) is 9.14. The third kappa shape index (κ3) is 1.67. The normalized spacial score (nSPS) is 13.3. The number of hydrogen-bond donors (Lipinski definition) is 1. The second-order valence-electron chi connectivity index (χ2n) is 2.95. The van der Waals surface area contributed by atoms with Crippen LogP contribution in [0.15, 0.2) is 6.20 Å². The molecule has 0 aliphatic heterocycles. The molecular formula is C9H16N2O. The fraction of sp³-hybridized carbons (Fsp3) is 0.667. The topological polar surface area (TPSA) is 38.0 Å². The molecule has 0 spiro atoms. The number of aromatic nitrogens is 2. The van der Waals surface area contributed by atoms with Gasteiger partial charge in [0.05, 0.1) is 11.8 Å². The Labute approximate surface area is 73.0 Å². The summed E-state index contributed by atoms with van der Waals surface area (Å²) in [5.41, 5.74) is 1.89. The highest BCUT2D eigenvalue weighted by Gasteiger charge is 2.11. The zero-order valence-electron chi connectivity index (χ0n) is 7.91. The Morgan fingerprint density at radius 1 is 1.58 bits per heavy atom. The van der Waals surface area contributed by atoms with Crippen molar-refractivity contribution >= 4 is 0 Å². The zero-order valence-corrected chi connectivity index (χ0v) is 7.91. The van der Waals surface area contributed by atoms with Gasteiger partial charge in [-0.15, -0.1) is 0 Å². The lowest BCUT2D eigenvalue weighted by molar-refractivity contribution is 0.173.